The Morgan fingerprint density at radius 1 is 1.39 bits per heavy atom. The summed E-state index contributed by atoms with van der Waals surface area (Å²) in [6.45, 7) is 0.528. The van der Waals surface area contributed by atoms with Crippen molar-refractivity contribution in [1.82, 2.24) is 4.98 Å². The number of rotatable bonds is 4. The van der Waals surface area contributed by atoms with Crippen LogP contribution in [0.1, 0.15) is 43.8 Å². The van der Waals surface area contributed by atoms with Gasteiger partial charge in [-0.2, -0.15) is 0 Å². The van der Waals surface area contributed by atoms with Gasteiger partial charge < -0.3 is 15.6 Å². The smallest absolute Gasteiger partial charge is 0.212 e. The summed E-state index contributed by atoms with van der Waals surface area (Å²) in [6, 6.07) is 3.66. The molecule has 0 radical (unpaired) electrons. The van der Waals surface area contributed by atoms with E-state index in [-0.39, 0.29) is 5.41 Å². The molecule has 1 aliphatic carbocycles. The molecule has 1 aliphatic rings. The first kappa shape index (κ1) is 13.3. The highest BCUT2D eigenvalue weighted by atomic mass is 16.5. The van der Waals surface area contributed by atoms with Gasteiger partial charge in [-0.3, -0.25) is 0 Å². The van der Waals surface area contributed by atoms with Gasteiger partial charge in [-0.15, -0.1) is 0 Å². The summed E-state index contributed by atoms with van der Waals surface area (Å²) in [4.78, 5) is 4.16. The highest BCUT2D eigenvalue weighted by Crippen LogP contribution is 2.45. The second-order valence-corrected chi connectivity index (χ2v) is 5.16. The fourth-order valence-corrected chi connectivity index (χ4v) is 2.87. The van der Waals surface area contributed by atoms with Crippen LogP contribution in [0.25, 0.3) is 0 Å². The van der Waals surface area contributed by atoms with Gasteiger partial charge in [0.2, 0.25) is 5.88 Å². The molecule has 1 atom stereocenters. The van der Waals surface area contributed by atoms with Crippen molar-refractivity contribution in [2.75, 3.05) is 13.7 Å². The third kappa shape index (κ3) is 2.49. The van der Waals surface area contributed by atoms with Crippen molar-refractivity contribution >= 4 is 0 Å². The van der Waals surface area contributed by atoms with E-state index in [1.165, 1.54) is 6.42 Å². The first-order chi connectivity index (χ1) is 8.72. The van der Waals surface area contributed by atoms with Crippen LogP contribution in [0.4, 0.5) is 0 Å². The van der Waals surface area contributed by atoms with E-state index in [1.807, 2.05) is 6.07 Å². The number of ether oxygens (including phenoxy) is 1. The van der Waals surface area contributed by atoms with Crippen LogP contribution in [0.2, 0.25) is 0 Å². The van der Waals surface area contributed by atoms with Crippen molar-refractivity contribution in [3.63, 3.8) is 0 Å². The third-order valence-electron chi connectivity index (χ3n) is 4.12. The van der Waals surface area contributed by atoms with Crippen LogP contribution in [0, 0.1) is 5.41 Å². The molecule has 0 saturated heterocycles. The summed E-state index contributed by atoms with van der Waals surface area (Å²) >= 11 is 0. The molecular weight excluding hydrogens is 228 g/mol. The maximum absolute atomic E-state index is 10.6. The number of aliphatic hydroxyl groups excluding tert-OH is 1. The Morgan fingerprint density at radius 2 is 2.11 bits per heavy atom. The molecule has 0 spiro atoms. The van der Waals surface area contributed by atoms with Crippen molar-refractivity contribution in [3.8, 4) is 5.88 Å². The van der Waals surface area contributed by atoms with Gasteiger partial charge in [-0.25, -0.2) is 4.98 Å². The zero-order chi connectivity index (χ0) is 13.0. The molecule has 4 nitrogen and oxygen atoms in total. The SMILES string of the molecule is COc1ccc(C(O)C2(CN)CCCCC2)cn1. The summed E-state index contributed by atoms with van der Waals surface area (Å²) < 4.78 is 5.03. The van der Waals surface area contributed by atoms with Gasteiger partial charge in [0.25, 0.3) is 0 Å². The lowest BCUT2D eigenvalue weighted by Gasteiger charge is -2.40. The van der Waals surface area contributed by atoms with Gasteiger partial charge in [0.15, 0.2) is 0 Å². The predicted octanol–water partition coefficient (Wildman–Crippen LogP) is 2.03. The number of methoxy groups -OCH3 is 1. The minimum Gasteiger partial charge on any atom is -0.481 e. The van der Waals surface area contributed by atoms with Crippen LogP contribution in [-0.4, -0.2) is 23.7 Å². The quantitative estimate of drug-likeness (QED) is 0.858. The van der Waals surface area contributed by atoms with Gasteiger partial charge in [0.1, 0.15) is 0 Å². The Bertz CT molecular complexity index is 372. The van der Waals surface area contributed by atoms with Gasteiger partial charge in [-0.1, -0.05) is 19.3 Å². The summed E-state index contributed by atoms with van der Waals surface area (Å²) in [5, 5.41) is 10.6. The summed E-state index contributed by atoms with van der Waals surface area (Å²) in [7, 11) is 1.58. The Kier molecular flexibility index (Phi) is 4.19. The van der Waals surface area contributed by atoms with Crippen molar-refractivity contribution in [2.45, 2.75) is 38.2 Å². The number of nitrogens with two attached hydrogens (primary N) is 1. The Labute approximate surface area is 108 Å². The molecule has 2 rings (SSSR count). The van der Waals surface area contributed by atoms with E-state index < -0.39 is 6.10 Å². The molecule has 100 valence electrons. The Morgan fingerprint density at radius 3 is 2.61 bits per heavy atom. The average molecular weight is 250 g/mol. The molecule has 0 amide bonds. The normalized spacial score (nSPS) is 20.4. The first-order valence-electron chi connectivity index (χ1n) is 6.60. The molecule has 0 aliphatic heterocycles. The maximum Gasteiger partial charge on any atom is 0.212 e. The van der Waals surface area contributed by atoms with Crippen LogP contribution in [0.5, 0.6) is 5.88 Å². The molecule has 1 fully saturated rings. The molecule has 0 bridgehead atoms. The van der Waals surface area contributed by atoms with E-state index in [0.29, 0.717) is 12.4 Å². The van der Waals surface area contributed by atoms with E-state index in [4.69, 9.17) is 10.5 Å². The van der Waals surface area contributed by atoms with E-state index in [9.17, 15) is 5.11 Å². The molecule has 0 aromatic carbocycles. The average Bonchev–Trinajstić information content (AvgIpc) is 2.47. The Hall–Kier alpha value is -1.13. The molecular formula is C14H22N2O2. The van der Waals surface area contributed by atoms with E-state index >= 15 is 0 Å². The number of hydrogen-bond donors (Lipinski definition) is 2. The lowest BCUT2D eigenvalue weighted by Crippen LogP contribution is -2.38. The van der Waals surface area contributed by atoms with Crippen LogP contribution in [0.15, 0.2) is 18.3 Å². The van der Waals surface area contributed by atoms with Gasteiger partial charge >= 0.3 is 0 Å². The summed E-state index contributed by atoms with van der Waals surface area (Å²) in [5.74, 6) is 0.566. The van der Waals surface area contributed by atoms with Gasteiger partial charge in [0, 0.05) is 24.2 Å². The maximum atomic E-state index is 10.6. The minimum atomic E-state index is -0.527. The number of pyridine rings is 1. The van der Waals surface area contributed by atoms with Crippen LogP contribution in [-0.2, 0) is 0 Å². The second-order valence-electron chi connectivity index (χ2n) is 5.16. The van der Waals surface area contributed by atoms with Crippen molar-refractivity contribution in [3.05, 3.63) is 23.9 Å². The summed E-state index contributed by atoms with van der Waals surface area (Å²) in [6.07, 6.45) is 6.70. The lowest BCUT2D eigenvalue weighted by molar-refractivity contribution is 0.000440. The lowest BCUT2D eigenvalue weighted by atomic mass is 9.68. The molecule has 4 heteroatoms. The standard InChI is InChI=1S/C14H22N2O2/c1-18-12-6-5-11(9-16-12)13(17)14(10-15)7-3-2-4-8-14/h5-6,9,13,17H,2-4,7-8,10,15H2,1H3. The monoisotopic (exact) mass is 250 g/mol. The van der Waals surface area contributed by atoms with Gasteiger partial charge in [-0.05, 0) is 24.5 Å². The molecule has 3 N–H and O–H groups in total. The number of aromatic nitrogens is 1. The van der Waals surface area contributed by atoms with Gasteiger partial charge in [0.05, 0.1) is 13.2 Å². The number of nitrogens with zero attached hydrogens (tertiary/aromatic N) is 1. The van der Waals surface area contributed by atoms with Crippen molar-refractivity contribution < 1.29 is 9.84 Å². The van der Waals surface area contributed by atoms with Crippen LogP contribution < -0.4 is 10.5 Å². The molecule has 1 heterocycles. The van der Waals surface area contributed by atoms with Crippen molar-refractivity contribution in [1.29, 1.82) is 0 Å². The van der Waals surface area contributed by atoms with Crippen LogP contribution in [0.3, 0.4) is 0 Å². The number of aliphatic hydroxyl groups is 1. The summed E-state index contributed by atoms with van der Waals surface area (Å²) in [5.41, 5.74) is 6.59. The molecule has 1 aromatic heterocycles. The molecule has 18 heavy (non-hydrogen) atoms. The fourth-order valence-electron chi connectivity index (χ4n) is 2.87. The van der Waals surface area contributed by atoms with E-state index in [1.54, 1.807) is 19.4 Å². The fraction of sp³-hybridized carbons (Fsp3) is 0.643. The van der Waals surface area contributed by atoms with E-state index in [2.05, 4.69) is 4.98 Å². The second kappa shape index (κ2) is 5.67. The highest BCUT2D eigenvalue weighted by molar-refractivity contribution is 5.21. The first-order valence-corrected chi connectivity index (χ1v) is 6.60. The largest absolute Gasteiger partial charge is 0.481 e. The topological polar surface area (TPSA) is 68.4 Å². The minimum absolute atomic E-state index is 0.172. The third-order valence-corrected chi connectivity index (χ3v) is 4.12. The highest BCUT2D eigenvalue weighted by Gasteiger charge is 2.38. The predicted molar refractivity (Wildman–Crippen MR) is 70.3 cm³/mol. The van der Waals surface area contributed by atoms with E-state index in [0.717, 1.165) is 31.2 Å². The zero-order valence-corrected chi connectivity index (χ0v) is 10.9. The molecule has 1 unspecified atom stereocenters. The van der Waals surface area contributed by atoms with Crippen molar-refractivity contribution in [2.24, 2.45) is 11.1 Å². The Balaban J connectivity index is 2.19. The molecule has 1 aromatic rings. The number of hydrogen-bond acceptors (Lipinski definition) is 4. The van der Waals surface area contributed by atoms with Crippen LogP contribution >= 0.6 is 0 Å². The zero-order valence-electron chi connectivity index (χ0n) is 10.9. The molecule has 1 saturated carbocycles.